The van der Waals surface area contributed by atoms with Crippen LogP contribution in [-0.2, 0) is 22.7 Å². The van der Waals surface area contributed by atoms with Gasteiger partial charge in [-0.2, -0.15) is 17.5 Å². The van der Waals surface area contributed by atoms with Crippen molar-refractivity contribution in [2.24, 2.45) is 0 Å². The van der Waals surface area contributed by atoms with Gasteiger partial charge in [0, 0.05) is 32.7 Å². The van der Waals surface area contributed by atoms with Gasteiger partial charge >= 0.3 is 6.18 Å². The summed E-state index contributed by atoms with van der Waals surface area (Å²) in [6, 6.07) is 12.1. The monoisotopic (exact) mass is 418 g/mol. The number of alkyl halides is 3. The van der Waals surface area contributed by atoms with Gasteiger partial charge in [0.25, 0.3) is 0 Å². The van der Waals surface area contributed by atoms with Crippen molar-refractivity contribution >= 4 is 21.6 Å². The Bertz CT molecular complexity index is 897. The lowest BCUT2D eigenvalue weighted by Crippen LogP contribution is -2.48. The molecule has 2 aromatic rings. The van der Waals surface area contributed by atoms with Gasteiger partial charge < -0.3 is 0 Å². The van der Waals surface area contributed by atoms with E-state index in [4.69, 9.17) is 11.6 Å². The topological polar surface area (TPSA) is 40.6 Å². The van der Waals surface area contributed by atoms with Crippen molar-refractivity contribution in [3.05, 3.63) is 64.7 Å². The van der Waals surface area contributed by atoms with E-state index in [1.807, 2.05) is 30.3 Å². The number of sulfonamides is 1. The van der Waals surface area contributed by atoms with Crippen molar-refractivity contribution in [2.75, 3.05) is 26.2 Å². The van der Waals surface area contributed by atoms with Crippen LogP contribution in [0.3, 0.4) is 0 Å². The minimum atomic E-state index is -4.64. The van der Waals surface area contributed by atoms with E-state index in [9.17, 15) is 21.6 Å². The van der Waals surface area contributed by atoms with Crippen molar-refractivity contribution < 1.29 is 21.6 Å². The molecule has 0 amide bonds. The number of hydrogen-bond acceptors (Lipinski definition) is 3. The van der Waals surface area contributed by atoms with E-state index in [2.05, 4.69) is 4.90 Å². The van der Waals surface area contributed by atoms with E-state index >= 15 is 0 Å². The van der Waals surface area contributed by atoms with Gasteiger partial charge in [0.05, 0.1) is 10.6 Å². The summed E-state index contributed by atoms with van der Waals surface area (Å²) < 4.78 is 65.6. The van der Waals surface area contributed by atoms with Gasteiger partial charge in [-0.15, -0.1) is 0 Å². The summed E-state index contributed by atoms with van der Waals surface area (Å²) in [7, 11) is -4.10. The zero-order chi connectivity index (χ0) is 19.7. The molecule has 9 heteroatoms. The number of rotatable bonds is 4. The first-order valence-corrected chi connectivity index (χ1v) is 10.1. The SMILES string of the molecule is O=S(=O)(c1cc(C(F)(F)F)ccc1Cl)N1CCN(Cc2ccccc2)CC1. The van der Waals surface area contributed by atoms with Crippen LogP contribution in [0.2, 0.25) is 5.02 Å². The first-order chi connectivity index (χ1) is 12.7. The van der Waals surface area contributed by atoms with Crippen LogP contribution in [0.1, 0.15) is 11.1 Å². The van der Waals surface area contributed by atoms with Gasteiger partial charge in [0.15, 0.2) is 0 Å². The second-order valence-corrected chi connectivity index (χ2v) is 8.62. The minimum absolute atomic E-state index is 0.196. The quantitative estimate of drug-likeness (QED) is 0.757. The molecule has 27 heavy (non-hydrogen) atoms. The molecule has 1 fully saturated rings. The number of piperazine rings is 1. The van der Waals surface area contributed by atoms with Crippen LogP contribution in [0.25, 0.3) is 0 Å². The normalized spacial score (nSPS) is 17.2. The van der Waals surface area contributed by atoms with Crippen molar-refractivity contribution in [2.45, 2.75) is 17.6 Å². The Labute approximate surface area is 161 Å². The molecule has 0 radical (unpaired) electrons. The third-order valence-corrected chi connectivity index (χ3v) is 6.84. The van der Waals surface area contributed by atoms with Crippen LogP contribution in [0.15, 0.2) is 53.4 Å². The molecule has 1 heterocycles. The van der Waals surface area contributed by atoms with Gasteiger partial charge in [-0.1, -0.05) is 41.9 Å². The van der Waals surface area contributed by atoms with Crippen molar-refractivity contribution in [1.82, 2.24) is 9.21 Å². The molecule has 0 aromatic heterocycles. The lowest BCUT2D eigenvalue weighted by molar-refractivity contribution is -0.137. The molecule has 2 aromatic carbocycles. The molecule has 0 aliphatic carbocycles. The van der Waals surface area contributed by atoms with E-state index in [1.165, 1.54) is 4.31 Å². The summed E-state index contributed by atoms with van der Waals surface area (Å²) >= 11 is 5.90. The Morgan fingerprint density at radius 2 is 1.59 bits per heavy atom. The second-order valence-electron chi connectivity index (χ2n) is 6.31. The molecule has 0 bridgehead atoms. The number of nitrogens with zero attached hydrogens (tertiary/aromatic N) is 2. The number of benzene rings is 2. The first-order valence-electron chi connectivity index (χ1n) is 8.31. The third-order valence-electron chi connectivity index (χ3n) is 4.46. The fourth-order valence-electron chi connectivity index (χ4n) is 2.99. The average molecular weight is 419 g/mol. The van der Waals surface area contributed by atoms with Gasteiger partial charge in [0.2, 0.25) is 10.0 Å². The third kappa shape index (κ3) is 4.63. The Morgan fingerprint density at radius 1 is 0.963 bits per heavy atom. The van der Waals surface area contributed by atoms with E-state index in [0.717, 1.165) is 17.7 Å². The Kier molecular flexibility index (Phi) is 5.81. The van der Waals surface area contributed by atoms with Crippen LogP contribution < -0.4 is 0 Å². The lowest BCUT2D eigenvalue weighted by Gasteiger charge is -2.34. The van der Waals surface area contributed by atoms with Gasteiger partial charge in [0.1, 0.15) is 4.90 Å². The van der Waals surface area contributed by atoms with Crippen molar-refractivity contribution in [3.63, 3.8) is 0 Å². The average Bonchev–Trinajstić information content (AvgIpc) is 2.62. The summed E-state index contributed by atoms with van der Waals surface area (Å²) in [6.07, 6.45) is -4.64. The van der Waals surface area contributed by atoms with E-state index in [0.29, 0.717) is 25.7 Å². The Hall–Kier alpha value is -1.61. The molecular formula is C18H18ClF3N2O2S. The van der Waals surface area contributed by atoms with E-state index < -0.39 is 26.7 Å². The summed E-state index contributed by atoms with van der Waals surface area (Å²) in [5.74, 6) is 0. The molecule has 1 aliphatic heterocycles. The summed E-state index contributed by atoms with van der Waals surface area (Å²) in [4.78, 5) is 1.60. The van der Waals surface area contributed by atoms with Gasteiger partial charge in [-0.05, 0) is 23.8 Å². The lowest BCUT2D eigenvalue weighted by atomic mass is 10.2. The van der Waals surface area contributed by atoms with Crippen LogP contribution in [0, 0.1) is 0 Å². The second kappa shape index (κ2) is 7.79. The van der Waals surface area contributed by atoms with Gasteiger partial charge in [-0.3, -0.25) is 4.90 Å². The summed E-state index contributed by atoms with van der Waals surface area (Å²) in [5, 5.41) is -0.213. The highest BCUT2D eigenvalue weighted by Crippen LogP contribution is 2.34. The largest absolute Gasteiger partial charge is 0.416 e. The molecule has 0 unspecified atom stereocenters. The standard InChI is InChI=1S/C18H18ClF3N2O2S/c19-16-7-6-15(18(20,21)22)12-17(16)27(25,26)24-10-8-23(9-11-24)13-14-4-2-1-3-5-14/h1-7,12H,8-11,13H2. The smallest absolute Gasteiger partial charge is 0.296 e. The predicted molar refractivity (Wildman–Crippen MR) is 96.9 cm³/mol. The van der Waals surface area contributed by atoms with Gasteiger partial charge in [-0.25, -0.2) is 8.42 Å². The molecule has 0 N–H and O–H groups in total. The summed E-state index contributed by atoms with van der Waals surface area (Å²) in [6.45, 7) is 2.07. The summed E-state index contributed by atoms with van der Waals surface area (Å²) in [5.41, 5.74) is 0.0860. The molecule has 4 nitrogen and oxygen atoms in total. The molecule has 3 rings (SSSR count). The zero-order valence-electron chi connectivity index (χ0n) is 14.3. The first kappa shape index (κ1) is 20.1. The van der Waals surface area contributed by atoms with Crippen molar-refractivity contribution in [3.8, 4) is 0 Å². The molecule has 0 spiro atoms. The molecule has 0 atom stereocenters. The van der Waals surface area contributed by atoms with Crippen LogP contribution in [-0.4, -0.2) is 43.8 Å². The maximum absolute atomic E-state index is 12.9. The van der Waals surface area contributed by atoms with E-state index in [1.54, 1.807) is 0 Å². The predicted octanol–water partition coefficient (Wildman–Crippen LogP) is 3.87. The molecular weight excluding hydrogens is 401 g/mol. The Morgan fingerprint density at radius 3 is 2.19 bits per heavy atom. The Balaban J connectivity index is 1.74. The maximum atomic E-state index is 12.9. The highest BCUT2D eigenvalue weighted by atomic mass is 35.5. The highest BCUT2D eigenvalue weighted by molar-refractivity contribution is 7.89. The number of hydrogen-bond donors (Lipinski definition) is 0. The fourth-order valence-corrected chi connectivity index (χ4v) is 4.91. The van der Waals surface area contributed by atoms with Crippen molar-refractivity contribution in [1.29, 1.82) is 0 Å². The molecule has 146 valence electrons. The van der Waals surface area contributed by atoms with Crippen LogP contribution in [0.5, 0.6) is 0 Å². The highest BCUT2D eigenvalue weighted by Gasteiger charge is 2.35. The zero-order valence-corrected chi connectivity index (χ0v) is 15.9. The molecule has 0 saturated carbocycles. The molecule has 1 saturated heterocycles. The van der Waals surface area contributed by atoms with Crippen LogP contribution in [0.4, 0.5) is 13.2 Å². The fraction of sp³-hybridized carbons (Fsp3) is 0.333. The minimum Gasteiger partial charge on any atom is -0.296 e. The molecule has 1 aliphatic rings. The van der Waals surface area contributed by atoms with E-state index in [-0.39, 0.29) is 18.1 Å². The maximum Gasteiger partial charge on any atom is 0.416 e. The van der Waals surface area contributed by atoms with Crippen LogP contribution >= 0.6 is 11.6 Å². The number of halogens is 4.